The molecule has 21 heteroatoms. The number of unbranched alkanes of at least 4 members (excludes halogenated alkanes) is 3. The molecule has 1 heterocycles. The fourth-order valence-corrected chi connectivity index (χ4v) is 7.13. The number of hydrogen-bond acceptors (Lipinski definition) is 18. The zero-order valence-electron chi connectivity index (χ0n) is 44.4. The Labute approximate surface area is 429 Å². The summed E-state index contributed by atoms with van der Waals surface area (Å²) < 4.78 is 33.1. The average Bonchev–Trinajstić information content (AvgIpc) is 3.38. The van der Waals surface area contributed by atoms with Crippen molar-refractivity contribution in [3.05, 3.63) is 38.0 Å². The first kappa shape index (κ1) is 64.6. The number of amides is 3. The number of ether oxygens (including phenoxy) is 6. The summed E-state index contributed by atoms with van der Waals surface area (Å²) in [6.45, 7) is 22.3. The molecule has 0 spiro atoms. The van der Waals surface area contributed by atoms with Gasteiger partial charge in [-0.15, -0.1) is 0 Å². The number of aliphatic imine (C=N–C) groups is 2. The molecule has 72 heavy (non-hydrogen) atoms. The van der Waals surface area contributed by atoms with Gasteiger partial charge in [-0.1, -0.05) is 119 Å². The van der Waals surface area contributed by atoms with Crippen LogP contribution in [0.1, 0.15) is 125 Å². The molecule has 0 aromatic carbocycles. The van der Waals surface area contributed by atoms with Gasteiger partial charge < -0.3 is 54.2 Å². The standard InChI is InChI=1S/C51H89N9O12/c1-10-19-22-40(13-4)32-52-43(61)31-51(55-37-67-25-28-70-46(64)16-7)57-49(59(38-68-26-29-71-47(65)17-8)35-44(62)53-33-41(14-5)23-20-11-2)56-50(58-51)60(39-69-27-30-72-48(66)18-9)36-45(63)54-34-42(15-6)24-21-12-3/h16-18,40-42,55H,7-15,19-39H2,1-6H3,(H,52,61)(H,53,62)(H,54,63)(H,56,57,58). The summed E-state index contributed by atoms with van der Waals surface area (Å²) in [7, 11) is 0. The molecule has 0 aromatic heterocycles. The van der Waals surface area contributed by atoms with Crippen molar-refractivity contribution in [3.63, 3.8) is 0 Å². The zero-order valence-corrected chi connectivity index (χ0v) is 44.4. The lowest BCUT2D eigenvalue weighted by molar-refractivity contribution is -0.140. The molecule has 1 rings (SSSR count). The van der Waals surface area contributed by atoms with Crippen LogP contribution in [-0.4, -0.2) is 156 Å². The Bertz CT molecular complexity index is 1610. The van der Waals surface area contributed by atoms with E-state index in [0.717, 1.165) is 95.3 Å². The highest BCUT2D eigenvalue weighted by molar-refractivity contribution is 6.02. The molecule has 0 aliphatic carbocycles. The number of nitrogens with zero attached hydrogens (tertiary/aromatic N) is 4. The molecule has 0 fully saturated rings. The molecule has 5 N–H and O–H groups in total. The van der Waals surface area contributed by atoms with Gasteiger partial charge in [-0.25, -0.2) is 24.4 Å². The molecule has 410 valence electrons. The van der Waals surface area contributed by atoms with Crippen LogP contribution in [0.25, 0.3) is 0 Å². The third-order valence-electron chi connectivity index (χ3n) is 11.7. The molecule has 3 unspecified atom stereocenters. The lowest BCUT2D eigenvalue weighted by Gasteiger charge is -2.38. The number of guanidine groups is 2. The van der Waals surface area contributed by atoms with Crippen LogP contribution in [0.4, 0.5) is 0 Å². The van der Waals surface area contributed by atoms with Crippen molar-refractivity contribution < 1.29 is 57.2 Å². The van der Waals surface area contributed by atoms with Gasteiger partial charge in [0.2, 0.25) is 35.4 Å². The van der Waals surface area contributed by atoms with Crippen LogP contribution >= 0.6 is 0 Å². The van der Waals surface area contributed by atoms with Gasteiger partial charge in [0.1, 0.15) is 46.4 Å². The summed E-state index contributed by atoms with van der Waals surface area (Å²) in [5.74, 6) is -4.11. The minimum Gasteiger partial charge on any atom is -0.460 e. The van der Waals surface area contributed by atoms with Crippen LogP contribution in [-0.2, 0) is 57.2 Å². The van der Waals surface area contributed by atoms with Gasteiger partial charge in [-0.3, -0.25) is 25.0 Å². The number of carbonyl (C=O) groups is 6. The van der Waals surface area contributed by atoms with Crippen LogP contribution in [0.2, 0.25) is 0 Å². The van der Waals surface area contributed by atoms with E-state index in [1.54, 1.807) is 0 Å². The second-order valence-corrected chi connectivity index (χ2v) is 17.5. The smallest absolute Gasteiger partial charge is 0.330 e. The van der Waals surface area contributed by atoms with Crippen LogP contribution in [0.15, 0.2) is 47.9 Å². The highest BCUT2D eigenvalue weighted by atomic mass is 16.6. The van der Waals surface area contributed by atoms with Crippen LogP contribution < -0.4 is 26.6 Å². The van der Waals surface area contributed by atoms with E-state index in [2.05, 4.69) is 87.9 Å². The Morgan fingerprint density at radius 2 is 0.917 bits per heavy atom. The first-order valence-corrected chi connectivity index (χ1v) is 25.9. The second kappa shape index (κ2) is 40.1. The van der Waals surface area contributed by atoms with Gasteiger partial charge in [0.15, 0.2) is 0 Å². The highest BCUT2D eigenvalue weighted by Crippen LogP contribution is 2.22. The van der Waals surface area contributed by atoms with Crippen molar-refractivity contribution >= 4 is 47.5 Å². The van der Waals surface area contributed by atoms with E-state index >= 15 is 0 Å². The molecule has 1 aliphatic heterocycles. The van der Waals surface area contributed by atoms with Crippen LogP contribution in [0.3, 0.4) is 0 Å². The summed E-state index contributed by atoms with van der Waals surface area (Å²) in [5, 5.41) is 15.6. The van der Waals surface area contributed by atoms with E-state index in [4.69, 9.17) is 38.4 Å². The average molecular weight is 1020 g/mol. The minimum absolute atomic E-state index is 0.0155. The molecule has 3 amide bonds. The summed E-state index contributed by atoms with van der Waals surface area (Å²) in [5.41, 5.74) is 0. The molecule has 0 saturated heterocycles. The minimum atomic E-state index is -1.87. The Hall–Kier alpha value is -5.38. The topological polar surface area (TPSA) is 249 Å². The Morgan fingerprint density at radius 3 is 1.26 bits per heavy atom. The van der Waals surface area contributed by atoms with Crippen molar-refractivity contribution in [1.82, 2.24) is 36.4 Å². The quantitative estimate of drug-likeness (QED) is 0.0183. The first-order valence-electron chi connectivity index (χ1n) is 25.9. The molecular weight excluding hydrogens is 931 g/mol. The summed E-state index contributed by atoms with van der Waals surface area (Å²) >= 11 is 0. The largest absolute Gasteiger partial charge is 0.460 e. The van der Waals surface area contributed by atoms with Crippen molar-refractivity contribution in [2.24, 2.45) is 27.7 Å². The SMILES string of the molecule is C=CC(=O)OCCOCNC1(CC(=O)NCC(CC)CCCC)N=C(N(COCCOC(=O)C=C)CC(=O)NCC(CC)CCCC)NC(N(COCCOC(=O)C=C)CC(=O)NCC(CC)CCCC)=N1. The van der Waals surface area contributed by atoms with E-state index in [1.807, 2.05) is 0 Å². The highest BCUT2D eigenvalue weighted by Gasteiger charge is 2.39. The number of hydrogen-bond donors (Lipinski definition) is 5. The van der Waals surface area contributed by atoms with Crippen LogP contribution in [0, 0.1) is 17.8 Å². The van der Waals surface area contributed by atoms with E-state index in [-0.39, 0.29) is 121 Å². The number of nitrogens with one attached hydrogen (secondary N) is 5. The van der Waals surface area contributed by atoms with Gasteiger partial charge in [-0.05, 0) is 37.0 Å². The zero-order chi connectivity index (χ0) is 53.4. The molecular formula is C51H89N9O12. The number of carbonyl (C=O) groups excluding carboxylic acids is 6. The summed E-state index contributed by atoms with van der Waals surface area (Å²) in [6, 6.07) is 0. The predicted octanol–water partition coefficient (Wildman–Crippen LogP) is 4.65. The maximum atomic E-state index is 14.2. The lowest BCUT2D eigenvalue weighted by atomic mass is 9.99. The van der Waals surface area contributed by atoms with Gasteiger partial charge in [0, 0.05) is 37.9 Å². The predicted molar refractivity (Wildman–Crippen MR) is 277 cm³/mol. The third kappa shape index (κ3) is 29.2. The summed E-state index contributed by atoms with van der Waals surface area (Å²) in [4.78, 5) is 90.5. The normalized spacial score (nSPS) is 15.2. The molecule has 0 saturated carbocycles. The fourth-order valence-electron chi connectivity index (χ4n) is 7.13. The van der Waals surface area contributed by atoms with Crippen LogP contribution in [0.5, 0.6) is 0 Å². The van der Waals surface area contributed by atoms with E-state index in [0.29, 0.717) is 19.6 Å². The summed E-state index contributed by atoms with van der Waals surface area (Å²) in [6.07, 6.45) is 14.3. The van der Waals surface area contributed by atoms with Gasteiger partial charge in [0.05, 0.1) is 33.0 Å². The molecule has 0 radical (unpaired) electrons. The molecule has 21 nitrogen and oxygen atoms in total. The number of rotatable bonds is 43. The van der Waals surface area contributed by atoms with Crippen molar-refractivity contribution in [1.29, 1.82) is 0 Å². The molecule has 0 bridgehead atoms. The Morgan fingerprint density at radius 1 is 0.556 bits per heavy atom. The molecule has 0 aromatic rings. The van der Waals surface area contributed by atoms with Crippen molar-refractivity contribution in [2.45, 2.75) is 131 Å². The Kier molecular flexibility index (Phi) is 36.0. The fraction of sp³-hybridized carbons (Fsp3) is 0.725. The van der Waals surface area contributed by atoms with Gasteiger partial charge in [-0.2, -0.15) is 0 Å². The Balaban J connectivity index is 4.01. The third-order valence-corrected chi connectivity index (χ3v) is 11.7. The molecule has 3 atom stereocenters. The second-order valence-electron chi connectivity index (χ2n) is 17.5. The van der Waals surface area contributed by atoms with E-state index < -0.39 is 29.6 Å². The van der Waals surface area contributed by atoms with E-state index in [9.17, 15) is 28.8 Å². The van der Waals surface area contributed by atoms with Crippen molar-refractivity contribution in [2.75, 3.05) is 92.6 Å². The maximum absolute atomic E-state index is 14.2. The number of esters is 3. The molecule has 1 aliphatic rings. The first-order chi connectivity index (χ1) is 34.7. The monoisotopic (exact) mass is 1020 g/mol. The van der Waals surface area contributed by atoms with Gasteiger partial charge >= 0.3 is 17.9 Å². The van der Waals surface area contributed by atoms with E-state index in [1.165, 1.54) is 9.80 Å². The van der Waals surface area contributed by atoms with Gasteiger partial charge in [0.25, 0.3) is 0 Å². The lowest BCUT2D eigenvalue weighted by Crippen LogP contribution is -2.61. The van der Waals surface area contributed by atoms with Crippen molar-refractivity contribution in [3.8, 4) is 0 Å². The maximum Gasteiger partial charge on any atom is 0.330 e.